The minimum atomic E-state index is 0. The van der Waals surface area contributed by atoms with Gasteiger partial charge in [-0.2, -0.15) is 0 Å². The number of hydrogen-bond donors (Lipinski definition) is 1. The monoisotopic (exact) mass is 225 g/mol. The molecule has 2 rings (SSSR count). The van der Waals surface area contributed by atoms with Crippen molar-refractivity contribution in [3.05, 3.63) is 54.2 Å². The zero-order valence-electron chi connectivity index (χ0n) is 7.72. The van der Waals surface area contributed by atoms with Gasteiger partial charge in [0.05, 0.1) is 12.3 Å². The Morgan fingerprint density at radius 2 is 1.69 bits per heavy atom. The number of pyridine rings is 1. The third-order valence-electron chi connectivity index (χ3n) is 2.13. The number of hydrogen-bond acceptors (Lipinski definition) is 2. The molecule has 0 bridgehead atoms. The summed E-state index contributed by atoms with van der Waals surface area (Å²) >= 11 is 0. The molecule has 1 N–H and O–H groups in total. The molecule has 1 aromatic heterocycles. The molecule has 0 amide bonds. The van der Waals surface area contributed by atoms with Crippen molar-refractivity contribution in [3.63, 3.8) is 0 Å². The fourth-order valence-electron chi connectivity index (χ4n) is 1.43. The Morgan fingerprint density at radius 1 is 1.00 bits per heavy atom. The van der Waals surface area contributed by atoms with E-state index in [0.717, 1.165) is 16.8 Å². The van der Waals surface area contributed by atoms with Crippen molar-refractivity contribution in [2.24, 2.45) is 0 Å². The number of nitrogens with zero attached hydrogens (tertiary/aromatic N) is 1. The van der Waals surface area contributed by atoms with Crippen LogP contribution < -0.4 is 0 Å². The molecule has 0 aliphatic rings. The summed E-state index contributed by atoms with van der Waals surface area (Å²) in [6.07, 6.45) is 1.75. The Hall–Kier alpha value is -0.670. The molecule has 0 unspecified atom stereocenters. The number of aliphatic hydroxyl groups excluding tert-OH is 1. The van der Waals surface area contributed by atoms with Crippen LogP contribution in [0.2, 0.25) is 0 Å². The molecule has 16 heavy (non-hydrogen) atoms. The second-order valence-corrected chi connectivity index (χ2v) is 3.03. The number of rotatable bonds is 2. The molecule has 0 aliphatic carbocycles. The third-order valence-corrected chi connectivity index (χ3v) is 2.13. The SMILES string of the molecule is C.OCc1ccccc1-c1ccccn1.[NaH]. The molecule has 0 aliphatic heterocycles. The van der Waals surface area contributed by atoms with Crippen LogP contribution in [-0.2, 0) is 6.61 Å². The summed E-state index contributed by atoms with van der Waals surface area (Å²) in [6, 6.07) is 13.5. The van der Waals surface area contributed by atoms with E-state index < -0.39 is 0 Å². The van der Waals surface area contributed by atoms with Gasteiger partial charge in [0.1, 0.15) is 0 Å². The van der Waals surface area contributed by atoms with Gasteiger partial charge in [-0.1, -0.05) is 37.8 Å². The van der Waals surface area contributed by atoms with Crippen LogP contribution in [0.15, 0.2) is 48.7 Å². The summed E-state index contributed by atoms with van der Waals surface area (Å²) in [5.74, 6) is 0. The van der Waals surface area contributed by atoms with E-state index in [-0.39, 0.29) is 43.6 Å². The zero-order chi connectivity index (χ0) is 9.80. The normalized spacial score (nSPS) is 8.81. The van der Waals surface area contributed by atoms with Gasteiger partial charge in [-0.3, -0.25) is 4.98 Å². The number of aromatic nitrogens is 1. The average Bonchev–Trinajstić information content (AvgIpc) is 2.30. The van der Waals surface area contributed by atoms with Gasteiger partial charge in [0.25, 0.3) is 0 Å². The van der Waals surface area contributed by atoms with Crippen LogP contribution in [0, 0.1) is 0 Å². The predicted octanol–water partition coefficient (Wildman–Crippen LogP) is 2.23. The summed E-state index contributed by atoms with van der Waals surface area (Å²) in [5.41, 5.74) is 2.80. The van der Waals surface area contributed by atoms with Crippen molar-refractivity contribution in [1.29, 1.82) is 0 Å². The molecule has 1 heterocycles. The van der Waals surface area contributed by atoms with Crippen molar-refractivity contribution in [2.45, 2.75) is 14.0 Å². The third kappa shape index (κ3) is 3.42. The van der Waals surface area contributed by atoms with Crippen LogP contribution in [0.25, 0.3) is 11.3 Å². The van der Waals surface area contributed by atoms with E-state index >= 15 is 0 Å². The fraction of sp³-hybridized carbons (Fsp3) is 0.154. The first kappa shape index (κ1) is 15.3. The van der Waals surface area contributed by atoms with Crippen molar-refractivity contribution >= 4 is 29.6 Å². The first-order valence-corrected chi connectivity index (χ1v) is 4.52. The first-order valence-electron chi connectivity index (χ1n) is 4.52. The van der Waals surface area contributed by atoms with Crippen LogP contribution in [-0.4, -0.2) is 39.6 Å². The molecule has 0 saturated heterocycles. The van der Waals surface area contributed by atoms with E-state index in [9.17, 15) is 0 Å². The van der Waals surface area contributed by atoms with E-state index in [1.165, 1.54) is 0 Å². The molecular formula is C13H16NNaO. The van der Waals surface area contributed by atoms with E-state index in [1.54, 1.807) is 6.20 Å². The summed E-state index contributed by atoms with van der Waals surface area (Å²) in [4.78, 5) is 4.25. The van der Waals surface area contributed by atoms with E-state index in [4.69, 9.17) is 5.11 Å². The van der Waals surface area contributed by atoms with Crippen LogP contribution in [0.3, 0.4) is 0 Å². The standard InChI is InChI=1S/C12H11NO.CH4.Na.H/c14-9-10-5-1-2-6-11(10)12-7-3-4-8-13-12;;;/h1-8,14H,9H2;1H4;;. The summed E-state index contributed by atoms with van der Waals surface area (Å²) in [7, 11) is 0. The molecule has 0 fully saturated rings. The van der Waals surface area contributed by atoms with Crippen molar-refractivity contribution in [1.82, 2.24) is 4.98 Å². The van der Waals surface area contributed by atoms with Gasteiger partial charge in [0, 0.05) is 11.8 Å². The van der Waals surface area contributed by atoms with E-state index in [0.29, 0.717) is 0 Å². The molecule has 2 aromatic rings. The quantitative estimate of drug-likeness (QED) is 0.795. The Balaban J connectivity index is 0.00000112. The molecular weight excluding hydrogens is 209 g/mol. The first-order chi connectivity index (χ1) is 6.92. The maximum absolute atomic E-state index is 9.15. The van der Waals surface area contributed by atoms with Crippen molar-refractivity contribution in [2.75, 3.05) is 0 Å². The van der Waals surface area contributed by atoms with Gasteiger partial charge in [-0.25, -0.2) is 0 Å². The minimum absolute atomic E-state index is 0. The van der Waals surface area contributed by atoms with E-state index in [1.807, 2.05) is 42.5 Å². The topological polar surface area (TPSA) is 33.1 Å². The van der Waals surface area contributed by atoms with Crippen LogP contribution in [0.4, 0.5) is 0 Å². The van der Waals surface area contributed by atoms with Crippen molar-refractivity contribution < 1.29 is 5.11 Å². The molecule has 1 aromatic carbocycles. The average molecular weight is 225 g/mol. The fourth-order valence-corrected chi connectivity index (χ4v) is 1.43. The Morgan fingerprint density at radius 3 is 2.31 bits per heavy atom. The van der Waals surface area contributed by atoms with Gasteiger partial charge in [0.15, 0.2) is 0 Å². The van der Waals surface area contributed by atoms with Gasteiger partial charge >= 0.3 is 29.6 Å². The van der Waals surface area contributed by atoms with Gasteiger partial charge in [0.2, 0.25) is 0 Å². The molecule has 80 valence electrons. The Labute approximate surface area is 119 Å². The van der Waals surface area contributed by atoms with Crippen LogP contribution in [0.1, 0.15) is 13.0 Å². The molecule has 0 spiro atoms. The zero-order valence-corrected chi connectivity index (χ0v) is 7.72. The van der Waals surface area contributed by atoms with Crippen molar-refractivity contribution in [3.8, 4) is 11.3 Å². The number of benzene rings is 1. The molecule has 3 heteroatoms. The Bertz CT molecular complexity index is 417. The molecule has 0 atom stereocenters. The Kier molecular flexibility index (Phi) is 7.26. The molecule has 0 radical (unpaired) electrons. The summed E-state index contributed by atoms with van der Waals surface area (Å²) < 4.78 is 0. The van der Waals surface area contributed by atoms with Crippen LogP contribution >= 0.6 is 0 Å². The number of aliphatic hydroxyl groups is 1. The van der Waals surface area contributed by atoms with Gasteiger partial charge in [-0.15, -0.1) is 0 Å². The van der Waals surface area contributed by atoms with E-state index in [2.05, 4.69) is 4.98 Å². The molecule has 0 saturated carbocycles. The second kappa shape index (κ2) is 7.58. The summed E-state index contributed by atoms with van der Waals surface area (Å²) in [5, 5.41) is 9.15. The second-order valence-electron chi connectivity index (χ2n) is 3.03. The maximum atomic E-state index is 9.15. The van der Waals surface area contributed by atoms with Gasteiger partial charge in [-0.05, 0) is 17.7 Å². The van der Waals surface area contributed by atoms with Crippen LogP contribution in [0.5, 0.6) is 0 Å². The predicted molar refractivity (Wildman–Crippen MR) is 69.5 cm³/mol. The molecule has 2 nitrogen and oxygen atoms in total. The van der Waals surface area contributed by atoms with Gasteiger partial charge < -0.3 is 5.11 Å². The summed E-state index contributed by atoms with van der Waals surface area (Å²) in [6.45, 7) is 0.0484.